The van der Waals surface area contributed by atoms with Gasteiger partial charge in [0.15, 0.2) is 0 Å². The SMILES string of the molecule is Cc1ccc(S(=O)(=O)N(C)C(=O)C[C@H](c2ccc(C(F)(F)F)cc2)N(C(=O)c2ccccc2)c2ccc([N+](=O)[O-])cc2)cc1. The lowest BCUT2D eigenvalue weighted by molar-refractivity contribution is -0.384. The fraction of sp³-hybridized carbons (Fsp3) is 0.161. The molecule has 0 N–H and O–H groups in total. The van der Waals surface area contributed by atoms with Crippen LogP contribution in [0.2, 0.25) is 0 Å². The van der Waals surface area contributed by atoms with Crippen molar-refractivity contribution in [2.75, 3.05) is 11.9 Å². The molecule has 0 saturated carbocycles. The Kier molecular flexibility index (Phi) is 9.19. The fourth-order valence-electron chi connectivity index (χ4n) is 4.44. The summed E-state index contributed by atoms with van der Waals surface area (Å²) in [5.41, 5.74) is -0.135. The van der Waals surface area contributed by atoms with Gasteiger partial charge in [-0.2, -0.15) is 13.2 Å². The maximum absolute atomic E-state index is 14.0. The molecule has 44 heavy (non-hydrogen) atoms. The summed E-state index contributed by atoms with van der Waals surface area (Å²) in [5.74, 6) is -1.63. The molecule has 0 aliphatic rings. The molecular weight excluding hydrogens is 599 g/mol. The Bertz CT molecular complexity index is 1760. The van der Waals surface area contributed by atoms with Gasteiger partial charge in [0.1, 0.15) is 0 Å². The first-order valence-corrected chi connectivity index (χ1v) is 14.5. The lowest BCUT2D eigenvalue weighted by Crippen LogP contribution is -2.40. The van der Waals surface area contributed by atoms with E-state index in [2.05, 4.69) is 0 Å². The van der Waals surface area contributed by atoms with Gasteiger partial charge in [-0.3, -0.25) is 19.7 Å². The van der Waals surface area contributed by atoms with Gasteiger partial charge in [-0.1, -0.05) is 48.0 Å². The molecule has 0 bridgehead atoms. The number of halogens is 3. The second-order valence-corrected chi connectivity index (χ2v) is 11.8. The molecule has 0 saturated heterocycles. The Balaban J connectivity index is 1.84. The van der Waals surface area contributed by atoms with Crippen LogP contribution in [0.15, 0.2) is 108 Å². The van der Waals surface area contributed by atoms with Gasteiger partial charge in [0, 0.05) is 30.4 Å². The molecule has 0 unspecified atom stereocenters. The summed E-state index contributed by atoms with van der Waals surface area (Å²) < 4.78 is 67.3. The van der Waals surface area contributed by atoms with Crippen LogP contribution in [0.4, 0.5) is 24.5 Å². The normalized spacial score (nSPS) is 12.3. The lowest BCUT2D eigenvalue weighted by Gasteiger charge is -2.33. The zero-order valence-corrected chi connectivity index (χ0v) is 24.2. The molecule has 4 rings (SSSR count). The first kappa shape index (κ1) is 31.9. The van der Waals surface area contributed by atoms with E-state index < -0.39 is 51.0 Å². The second-order valence-electron chi connectivity index (χ2n) is 9.83. The molecule has 0 heterocycles. The minimum Gasteiger partial charge on any atom is -0.300 e. The molecule has 0 aliphatic carbocycles. The van der Waals surface area contributed by atoms with E-state index in [1.807, 2.05) is 0 Å². The monoisotopic (exact) mass is 625 g/mol. The lowest BCUT2D eigenvalue weighted by atomic mass is 9.98. The molecule has 2 amide bonds. The van der Waals surface area contributed by atoms with Crippen molar-refractivity contribution in [1.82, 2.24) is 4.31 Å². The first-order valence-electron chi connectivity index (χ1n) is 13.1. The van der Waals surface area contributed by atoms with E-state index in [-0.39, 0.29) is 27.4 Å². The maximum atomic E-state index is 14.0. The topological polar surface area (TPSA) is 118 Å². The van der Waals surface area contributed by atoms with Gasteiger partial charge >= 0.3 is 6.18 Å². The number of sulfonamides is 1. The van der Waals surface area contributed by atoms with Crippen molar-refractivity contribution in [3.05, 3.63) is 135 Å². The summed E-state index contributed by atoms with van der Waals surface area (Å²) in [5, 5.41) is 11.3. The van der Waals surface area contributed by atoms with Crippen molar-refractivity contribution in [2.24, 2.45) is 0 Å². The van der Waals surface area contributed by atoms with Crippen molar-refractivity contribution in [3.8, 4) is 0 Å². The highest BCUT2D eigenvalue weighted by Crippen LogP contribution is 2.36. The third kappa shape index (κ3) is 6.94. The van der Waals surface area contributed by atoms with Crippen LogP contribution in [0.3, 0.4) is 0 Å². The molecule has 4 aromatic rings. The van der Waals surface area contributed by atoms with Gasteiger partial charge in [-0.25, -0.2) is 12.7 Å². The Morgan fingerprint density at radius 2 is 1.43 bits per heavy atom. The average Bonchev–Trinajstić information content (AvgIpc) is 3.00. The Hall–Kier alpha value is -5.04. The predicted octanol–water partition coefficient (Wildman–Crippen LogP) is 6.55. The van der Waals surface area contributed by atoms with Crippen LogP contribution >= 0.6 is 0 Å². The number of benzene rings is 4. The number of amides is 2. The van der Waals surface area contributed by atoms with Gasteiger partial charge in [-0.15, -0.1) is 0 Å². The van der Waals surface area contributed by atoms with Crippen LogP contribution in [0.25, 0.3) is 0 Å². The molecule has 228 valence electrons. The van der Waals surface area contributed by atoms with Crippen molar-refractivity contribution in [1.29, 1.82) is 0 Å². The van der Waals surface area contributed by atoms with E-state index in [1.54, 1.807) is 37.3 Å². The average molecular weight is 626 g/mol. The van der Waals surface area contributed by atoms with E-state index in [4.69, 9.17) is 0 Å². The Labute approximate surface area is 251 Å². The number of hydrogen-bond donors (Lipinski definition) is 0. The van der Waals surface area contributed by atoms with Gasteiger partial charge in [-0.05, 0) is 61.0 Å². The predicted molar refractivity (Wildman–Crippen MR) is 156 cm³/mol. The number of hydrogen-bond acceptors (Lipinski definition) is 6. The molecule has 9 nitrogen and oxygen atoms in total. The number of non-ortho nitro benzene ring substituents is 1. The highest BCUT2D eigenvalue weighted by molar-refractivity contribution is 7.89. The maximum Gasteiger partial charge on any atom is 0.416 e. The van der Waals surface area contributed by atoms with Crippen molar-refractivity contribution >= 4 is 33.2 Å². The van der Waals surface area contributed by atoms with Crippen molar-refractivity contribution in [3.63, 3.8) is 0 Å². The molecule has 0 fully saturated rings. The molecule has 4 aromatic carbocycles. The third-order valence-corrected chi connectivity index (χ3v) is 8.70. The van der Waals surface area contributed by atoms with Gasteiger partial charge in [0.25, 0.3) is 21.6 Å². The fourth-order valence-corrected chi connectivity index (χ4v) is 5.58. The van der Waals surface area contributed by atoms with Crippen molar-refractivity contribution < 1.29 is 36.1 Å². The third-order valence-electron chi connectivity index (χ3n) is 6.91. The van der Waals surface area contributed by atoms with Crippen LogP contribution in [0, 0.1) is 17.0 Å². The number of nitro groups is 1. The van der Waals surface area contributed by atoms with E-state index in [1.165, 1.54) is 36.4 Å². The molecular formula is C31H26F3N3O6S. The number of anilines is 1. The summed E-state index contributed by atoms with van der Waals surface area (Å²) in [4.78, 5) is 39.2. The zero-order chi connectivity index (χ0) is 32.2. The highest BCUT2D eigenvalue weighted by Gasteiger charge is 2.35. The standard InChI is InChI=1S/C31H26F3N3O6S/c1-21-8-18-27(19-9-21)44(42,43)35(2)29(38)20-28(22-10-12-24(13-11-22)31(32,33)34)36(30(39)23-6-4-3-5-7-23)25-14-16-26(17-15-25)37(40)41/h3-19,28H,20H2,1-2H3/t28-/m1/s1. The van der Waals surface area contributed by atoms with E-state index in [0.717, 1.165) is 53.9 Å². The first-order chi connectivity index (χ1) is 20.7. The van der Waals surface area contributed by atoms with Crippen LogP contribution in [-0.2, 0) is 21.0 Å². The van der Waals surface area contributed by atoms with Crippen LogP contribution in [0.5, 0.6) is 0 Å². The van der Waals surface area contributed by atoms with E-state index in [9.17, 15) is 41.3 Å². The van der Waals surface area contributed by atoms with Gasteiger partial charge in [0.05, 0.1) is 27.8 Å². The van der Waals surface area contributed by atoms with Crippen molar-refractivity contribution in [2.45, 2.75) is 30.5 Å². The van der Waals surface area contributed by atoms with Crippen LogP contribution in [0.1, 0.15) is 39.5 Å². The minimum absolute atomic E-state index is 0.0891. The second kappa shape index (κ2) is 12.7. The highest BCUT2D eigenvalue weighted by atomic mass is 32.2. The summed E-state index contributed by atoms with van der Waals surface area (Å²) >= 11 is 0. The zero-order valence-electron chi connectivity index (χ0n) is 23.4. The Morgan fingerprint density at radius 1 is 0.864 bits per heavy atom. The summed E-state index contributed by atoms with van der Waals surface area (Å²) in [6.45, 7) is 1.76. The number of rotatable bonds is 9. The van der Waals surface area contributed by atoms with Crippen LogP contribution in [-0.4, -0.2) is 36.5 Å². The number of aryl methyl sites for hydroxylation is 1. The van der Waals surface area contributed by atoms with Gasteiger partial charge in [0.2, 0.25) is 5.91 Å². The molecule has 0 aliphatic heterocycles. The number of carbonyl (C=O) groups is 2. The number of carbonyl (C=O) groups excluding carboxylic acids is 2. The number of alkyl halides is 3. The summed E-state index contributed by atoms with van der Waals surface area (Å²) in [7, 11) is -3.28. The molecule has 1 atom stereocenters. The number of nitro benzene ring substituents is 1. The molecule has 0 radical (unpaired) electrons. The van der Waals surface area contributed by atoms with Gasteiger partial charge < -0.3 is 4.90 Å². The van der Waals surface area contributed by atoms with E-state index >= 15 is 0 Å². The molecule has 13 heteroatoms. The Morgan fingerprint density at radius 3 is 1.95 bits per heavy atom. The molecule has 0 spiro atoms. The summed E-state index contributed by atoms with van der Waals surface area (Å²) in [6, 6.07) is 20.9. The summed E-state index contributed by atoms with van der Waals surface area (Å²) in [6.07, 6.45) is -5.33. The number of nitrogens with zero attached hydrogens (tertiary/aromatic N) is 3. The quantitative estimate of drug-likeness (QED) is 0.154. The molecule has 0 aromatic heterocycles. The van der Waals surface area contributed by atoms with Crippen LogP contribution < -0.4 is 4.90 Å². The smallest absolute Gasteiger partial charge is 0.300 e. The largest absolute Gasteiger partial charge is 0.416 e. The minimum atomic E-state index is -4.66. The van der Waals surface area contributed by atoms with E-state index in [0.29, 0.717) is 4.31 Å².